The highest BCUT2D eigenvalue weighted by Crippen LogP contribution is 2.26. The molecule has 1 aromatic heterocycles. The standard InChI is InChI=1S/C20H19BN2O4S/c1-27-18-10-14(6-7-16(18)21(25)26)12-2-4-13(5-3-12)19-22-17-8-9-28-11-15(17)20(24)23-19/h2-7,10,25-26H,8-9,11H2,1H3,(H,22,23,24). The molecular weight excluding hydrogens is 375 g/mol. The highest BCUT2D eigenvalue weighted by molar-refractivity contribution is 7.98. The number of benzene rings is 2. The molecule has 142 valence electrons. The summed E-state index contributed by atoms with van der Waals surface area (Å²) in [7, 11) is -0.0956. The third kappa shape index (κ3) is 3.58. The molecule has 1 aliphatic rings. The normalized spacial score (nSPS) is 13.1. The lowest BCUT2D eigenvalue weighted by atomic mass is 9.79. The number of aromatic nitrogens is 2. The van der Waals surface area contributed by atoms with Crippen LogP contribution in [0, 0.1) is 0 Å². The number of aromatic amines is 1. The summed E-state index contributed by atoms with van der Waals surface area (Å²) in [6.07, 6.45) is 0.817. The molecule has 28 heavy (non-hydrogen) atoms. The highest BCUT2D eigenvalue weighted by Gasteiger charge is 2.18. The average Bonchev–Trinajstić information content (AvgIpc) is 2.73. The Morgan fingerprint density at radius 2 is 1.82 bits per heavy atom. The Kier molecular flexibility index (Phi) is 5.26. The van der Waals surface area contributed by atoms with Crippen LogP contribution in [0.15, 0.2) is 47.3 Å². The summed E-state index contributed by atoms with van der Waals surface area (Å²) in [5.74, 6) is 2.70. The fourth-order valence-corrected chi connectivity index (χ4v) is 4.29. The van der Waals surface area contributed by atoms with Crippen molar-refractivity contribution in [1.29, 1.82) is 0 Å². The molecule has 0 radical (unpaired) electrons. The number of H-pyrrole nitrogens is 1. The van der Waals surface area contributed by atoms with E-state index in [2.05, 4.69) is 9.97 Å². The average molecular weight is 394 g/mol. The minimum Gasteiger partial charge on any atom is -0.497 e. The second-order valence-electron chi connectivity index (χ2n) is 6.55. The Bertz CT molecular complexity index is 1070. The van der Waals surface area contributed by atoms with Crippen molar-refractivity contribution in [1.82, 2.24) is 9.97 Å². The van der Waals surface area contributed by atoms with E-state index in [0.717, 1.165) is 45.9 Å². The Morgan fingerprint density at radius 3 is 2.54 bits per heavy atom. The number of fused-ring (bicyclic) bond motifs is 1. The van der Waals surface area contributed by atoms with E-state index < -0.39 is 7.12 Å². The van der Waals surface area contributed by atoms with Crippen molar-refractivity contribution in [2.24, 2.45) is 0 Å². The van der Waals surface area contributed by atoms with E-state index in [1.807, 2.05) is 30.3 Å². The van der Waals surface area contributed by atoms with E-state index in [1.54, 1.807) is 23.9 Å². The molecule has 0 unspecified atom stereocenters. The van der Waals surface area contributed by atoms with Gasteiger partial charge in [0, 0.05) is 22.3 Å². The first kappa shape index (κ1) is 18.8. The molecule has 3 N–H and O–H groups in total. The number of hydrogen-bond donors (Lipinski definition) is 3. The van der Waals surface area contributed by atoms with E-state index in [-0.39, 0.29) is 5.56 Å². The van der Waals surface area contributed by atoms with Gasteiger partial charge in [0.15, 0.2) is 0 Å². The van der Waals surface area contributed by atoms with Crippen LogP contribution in [0.25, 0.3) is 22.5 Å². The molecule has 4 rings (SSSR count). The smallest absolute Gasteiger partial charge is 0.492 e. The summed E-state index contributed by atoms with van der Waals surface area (Å²) in [6.45, 7) is 0. The largest absolute Gasteiger partial charge is 0.497 e. The molecule has 3 aromatic rings. The molecule has 1 aliphatic heterocycles. The van der Waals surface area contributed by atoms with Gasteiger partial charge in [-0.2, -0.15) is 11.8 Å². The van der Waals surface area contributed by atoms with Gasteiger partial charge in [0.2, 0.25) is 0 Å². The summed E-state index contributed by atoms with van der Waals surface area (Å²) < 4.78 is 5.26. The van der Waals surface area contributed by atoms with Crippen molar-refractivity contribution >= 4 is 24.3 Å². The van der Waals surface area contributed by atoms with Crippen LogP contribution in [0.3, 0.4) is 0 Å². The van der Waals surface area contributed by atoms with Gasteiger partial charge in [-0.25, -0.2) is 4.98 Å². The number of rotatable bonds is 4. The molecule has 0 spiro atoms. The van der Waals surface area contributed by atoms with E-state index in [1.165, 1.54) is 7.11 Å². The van der Waals surface area contributed by atoms with E-state index in [9.17, 15) is 14.8 Å². The molecule has 0 amide bonds. The predicted molar refractivity (Wildman–Crippen MR) is 112 cm³/mol. The molecule has 8 heteroatoms. The predicted octanol–water partition coefficient (Wildman–Crippen LogP) is 1.58. The number of aryl methyl sites for hydroxylation is 1. The van der Waals surface area contributed by atoms with Crippen molar-refractivity contribution < 1.29 is 14.8 Å². The SMILES string of the molecule is COc1cc(-c2ccc(-c3nc4c(c(=O)[nH]3)CSCC4)cc2)ccc1B(O)O. The minimum absolute atomic E-state index is 0.0563. The second-order valence-corrected chi connectivity index (χ2v) is 7.66. The summed E-state index contributed by atoms with van der Waals surface area (Å²) in [5.41, 5.74) is 4.61. The van der Waals surface area contributed by atoms with E-state index >= 15 is 0 Å². The Balaban J connectivity index is 1.66. The lowest BCUT2D eigenvalue weighted by Gasteiger charge is -2.14. The quantitative estimate of drug-likeness (QED) is 0.582. The third-order valence-electron chi connectivity index (χ3n) is 4.83. The van der Waals surface area contributed by atoms with Gasteiger partial charge in [-0.15, -0.1) is 0 Å². The third-order valence-corrected chi connectivity index (χ3v) is 5.82. The van der Waals surface area contributed by atoms with Gasteiger partial charge in [0.1, 0.15) is 11.6 Å². The van der Waals surface area contributed by atoms with Gasteiger partial charge in [-0.3, -0.25) is 4.79 Å². The number of nitrogens with zero attached hydrogens (tertiary/aromatic N) is 1. The summed E-state index contributed by atoms with van der Waals surface area (Å²) in [5, 5.41) is 18.8. The second kappa shape index (κ2) is 7.83. The van der Waals surface area contributed by atoms with Crippen molar-refractivity contribution in [2.45, 2.75) is 12.2 Å². The zero-order valence-electron chi connectivity index (χ0n) is 15.3. The molecule has 0 bridgehead atoms. The van der Waals surface area contributed by atoms with Crippen LogP contribution < -0.4 is 15.8 Å². The molecule has 2 heterocycles. The summed E-state index contributed by atoms with van der Waals surface area (Å²) in [4.78, 5) is 19.9. The molecule has 0 aliphatic carbocycles. The Morgan fingerprint density at radius 1 is 1.11 bits per heavy atom. The van der Waals surface area contributed by atoms with Crippen molar-refractivity contribution in [3.8, 4) is 28.3 Å². The first-order chi connectivity index (χ1) is 13.6. The first-order valence-electron chi connectivity index (χ1n) is 8.91. The first-order valence-corrected chi connectivity index (χ1v) is 10.1. The zero-order chi connectivity index (χ0) is 19.7. The van der Waals surface area contributed by atoms with Crippen LogP contribution in [0.2, 0.25) is 0 Å². The highest BCUT2D eigenvalue weighted by atomic mass is 32.2. The van der Waals surface area contributed by atoms with Crippen LogP contribution in [-0.4, -0.2) is 40.0 Å². The topological polar surface area (TPSA) is 95.4 Å². The van der Waals surface area contributed by atoms with Gasteiger partial charge < -0.3 is 19.8 Å². The van der Waals surface area contributed by atoms with Gasteiger partial charge in [0.05, 0.1) is 12.8 Å². The van der Waals surface area contributed by atoms with E-state index in [0.29, 0.717) is 17.0 Å². The van der Waals surface area contributed by atoms with Gasteiger partial charge in [-0.1, -0.05) is 36.4 Å². The van der Waals surface area contributed by atoms with Crippen LogP contribution in [-0.2, 0) is 12.2 Å². The lowest BCUT2D eigenvalue weighted by Crippen LogP contribution is -2.31. The van der Waals surface area contributed by atoms with E-state index in [4.69, 9.17) is 4.74 Å². The maximum Gasteiger partial charge on any atom is 0.492 e. The van der Waals surface area contributed by atoms with Crippen LogP contribution in [0.5, 0.6) is 5.75 Å². The number of ether oxygens (including phenoxy) is 1. The summed E-state index contributed by atoms with van der Waals surface area (Å²) >= 11 is 1.76. The molecular formula is C20H19BN2O4S. The van der Waals surface area contributed by atoms with Crippen LogP contribution >= 0.6 is 11.8 Å². The fraction of sp³-hybridized carbons (Fsp3) is 0.200. The monoisotopic (exact) mass is 394 g/mol. The van der Waals surface area contributed by atoms with Crippen molar-refractivity contribution in [3.63, 3.8) is 0 Å². The Hall–Kier alpha value is -2.55. The zero-order valence-corrected chi connectivity index (χ0v) is 16.1. The minimum atomic E-state index is -1.59. The van der Waals surface area contributed by atoms with Crippen molar-refractivity contribution in [2.75, 3.05) is 12.9 Å². The molecule has 2 aromatic carbocycles. The number of nitrogens with one attached hydrogen (secondary N) is 1. The molecule has 0 saturated heterocycles. The molecule has 6 nitrogen and oxygen atoms in total. The lowest BCUT2D eigenvalue weighted by molar-refractivity contribution is 0.403. The van der Waals surface area contributed by atoms with Crippen molar-refractivity contribution in [3.05, 3.63) is 64.1 Å². The van der Waals surface area contributed by atoms with Crippen LogP contribution in [0.1, 0.15) is 11.3 Å². The maximum atomic E-state index is 12.3. The number of thioether (sulfide) groups is 1. The molecule has 0 fully saturated rings. The summed E-state index contributed by atoms with van der Waals surface area (Å²) in [6, 6.07) is 12.9. The number of methoxy groups -OCH3 is 1. The van der Waals surface area contributed by atoms with Crippen LogP contribution in [0.4, 0.5) is 0 Å². The molecule has 0 atom stereocenters. The molecule has 0 saturated carbocycles. The Labute approximate surface area is 166 Å². The van der Waals surface area contributed by atoms with Gasteiger partial charge in [-0.05, 0) is 29.4 Å². The van der Waals surface area contributed by atoms with Gasteiger partial charge >= 0.3 is 7.12 Å². The number of hydrogen-bond acceptors (Lipinski definition) is 6. The maximum absolute atomic E-state index is 12.3. The van der Waals surface area contributed by atoms with Gasteiger partial charge in [0.25, 0.3) is 5.56 Å². The fourth-order valence-electron chi connectivity index (χ4n) is 3.30.